The smallest absolute Gasteiger partial charge is 0.158 e. The van der Waals surface area contributed by atoms with Gasteiger partial charge in [0.25, 0.3) is 0 Å². The fourth-order valence-corrected chi connectivity index (χ4v) is 2.67. The second kappa shape index (κ2) is 8.66. The van der Waals surface area contributed by atoms with E-state index in [9.17, 15) is 4.79 Å². The highest BCUT2D eigenvalue weighted by atomic mass is 16.5. The van der Waals surface area contributed by atoms with Crippen LogP contribution in [0.15, 0.2) is 29.8 Å². The molecule has 0 atom stereocenters. The van der Waals surface area contributed by atoms with Crippen molar-refractivity contribution in [1.29, 1.82) is 0 Å². The van der Waals surface area contributed by atoms with Gasteiger partial charge in [-0.3, -0.25) is 4.79 Å². The number of hydrogen-bond acceptors (Lipinski definition) is 2. The number of ether oxygens (including phenoxy) is 1. The molecule has 114 valence electrons. The SMILES string of the molecule is CCCCCCOc1cccc(/C=C2\CCCCC2=O)c1. The number of Topliss-reactive ketones (excluding diaryl/α,β-unsaturated/α-hetero) is 1. The van der Waals surface area contributed by atoms with Crippen LogP contribution in [0.25, 0.3) is 6.08 Å². The highest BCUT2D eigenvalue weighted by molar-refractivity contribution is 6.00. The van der Waals surface area contributed by atoms with E-state index in [1.807, 2.05) is 30.3 Å². The average Bonchev–Trinajstić information content (AvgIpc) is 2.50. The highest BCUT2D eigenvalue weighted by Gasteiger charge is 2.14. The molecule has 0 unspecified atom stereocenters. The van der Waals surface area contributed by atoms with Crippen LogP contribution in [0.1, 0.15) is 63.9 Å². The lowest BCUT2D eigenvalue weighted by Crippen LogP contribution is -2.07. The molecular formula is C19H26O2. The largest absolute Gasteiger partial charge is 0.494 e. The lowest BCUT2D eigenvalue weighted by Gasteiger charge is -2.12. The zero-order valence-electron chi connectivity index (χ0n) is 13.1. The molecular weight excluding hydrogens is 260 g/mol. The van der Waals surface area contributed by atoms with Gasteiger partial charge in [0.15, 0.2) is 5.78 Å². The summed E-state index contributed by atoms with van der Waals surface area (Å²) in [6, 6.07) is 8.07. The van der Waals surface area contributed by atoms with Crippen molar-refractivity contribution < 1.29 is 9.53 Å². The number of hydrogen-bond donors (Lipinski definition) is 0. The van der Waals surface area contributed by atoms with Crippen LogP contribution >= 0.6 is 0 Å². The third-order valence-electron chi connectivity index (χ3n) is 3.92. The molecule has 0 spiro atoms. The molecule has 1 aliphatic carbocycles. The van der Waals surface area contributed by atoms with E-state index in [-0.39, 0.29) is 0 Å². The molecule has 1 aromatic carbocycles. The van der Waals surface area contributed by atoms with E-state index in [4.69, 9.17) is 4.74 Å². The quantitative estimate of drug-likeness (QED) is 0.510. The van der Waals surface area contributed by atoms with Crippen molar-refractivity contribution in [3.8, 4) is 5.75 Å². The molecule has 2 heteroatoms. The molecule has 0 bridgehead atoms. The van der Waals surface area contributed by atoms with Crippen molar-refractivity contribution in [3.63, 3.8) is 0 Å². The summed E-state index contributed by atoms with van der Waals surface area (Å²) in [5.74, 6) is 1.22. The maximum absolute atomic E-state index is 11.9. The molecule has 1 fully saturated rings. The minimum Gasteiger partial charge on any atom is -0.494 e. The Balaban J connectivity index is 1.91. The fraction of sp³-hybridized carbons (Fsp3) is 0.526. The fourth-order valence-electron chi connectivity index (χ4n) is 2.67. The van der Waals surface area contributed by atoms with Gasteiger partial charge in [0.05, 0.1) is 6.61 Å². The minimum absolute atomic E-state index is 0.312. The van der Waals surface area contributed by atoms with Crippen molar-refractivity contribution in [1.82, 2.24) is 0 Å². The highest BCUT2D eigenvalue weighted by Crippen LogP contribution is 2.23. The first-order valence-electron chi connectivity index (χ1n) is 8.26. The molecule has 0 aliphatic heterocycles. The Kier molecular flexibility index (Phi) is 6.52. The van der Waals surface area contributed by atoms with Gasteiger partial charge in [-0.1, -0.05) is 38.3 Å². The normalized spacial score (nSPS) is 17.2. The summed E-state index contributed by atoms with van der Waals surface area (Å²) in [4.78, 5) is 11.9. The van der Waals surface area contributed by atoms with Crippen LogP contribution < -0.4 is 4.74 Å². The Labute approximate surface area is 128 Å². The average molecular weight is 286 g/mol. The third kappa shape index (κ3) is 5.37. The first-order chi connectivity index (χ1) is 10.3. The van der Waals surface area contributed by atoms with Crippen LogP contribution in [-0.2, 0) is 4.79 Å². The zero-order valence-corrected chi connectivity index (χ0v) is 13.1. The number of unbranched alkanes of at least 4 members (excludes halogenated alkanes) is 3. The van der Waals surface area contributed by atoms with E-state index in [0.717, 1.165) is 49.2 Å². The van der Waals surface area contributed by atoms with Crippen LogP contribution in [0.2, 0.25) is 0 Å². The standard InChI is InChI=1S/C19H26O2/c1-2-3-4-7-13-21-18-11-8-9-16(15-18)14-17-10-5-6-12-19(17)20/h8-9,11,14-15H,2-7,10,12-13H2,1H3/b17-14+. The summed E-state index contributed by atoms with van der Waals surface area (Å²) in [5.41, 5.74) is 2.05. The van der Waals surface area contributed by atoms with Crippen molar-refractivity contribution in [2.45, 2.75) is 58.3 Å². The molecule has 1 saturated carbocycles. The summed E-state index contributed by atoms with van der Waals surface area (Å²) in [7, 11) is 0. The number of allylic oxidation sites excluding steroid dienone is 1. The van der Waals surface area contributed by atoms with Crippen LogP contribution in [0.3, 0.4) is 0 Å². The summed E-state index contributed by atoms with van der Waals surface area (Å²) in [5, 5.41) is 0. The van der Waals surface area contributed by atoms with Gasteiger partial charge in [0.1, 0.15) is 5.75 Å². The van der Waals surface area contributed by atoms with Crippen LogP contribution in [0.5, 0.6) is 5.75 Å². The van der Waals surface area contributed by atoms with Gasteiger partial charge in [-0.25, -0.2) is 0 Å². The molecule has 21 heavy (non-hydrogen) atoms. The van der Waals surface area contributed by atoms with Crippen LogP contribution in [-0.4, -0.2) is 12.4 Å². The molecule has 0 radical (unpaired) electrons. The molecule has 2 nitrogen and oxygen atoms in total. The second-order valence-electron chi connectivity index (χ2n) is 5.78. The number of carbonyl (C=O) groups excluding carboxylic acids is 1. The molecule has 1 aromatic rings. The summed E-state index contributed by atoms with van der Waals surface area (Å²) in [6.07, 6.45) is 10.7. The van der Waals surface area contributed by atoms with Crippen LogP contribution in [0.4, 0.5) is 0 Å². The van der Waals surface area contributed by atoms with Crippen molar-refractivity contribution in [2.75, 3.05) is 6.61 Å². The van der Waals surface area contributed by atoms with Gasteiger partial charge in [-0.05, 0) is 55.0 Å². The number of benzene rings is 1. The maximum atomic E-state index is 11.9. The first kappa shape index (κ1) is 15.8. The molecule has 1 aliphatic rings. The number of rotatable bonds is 7. The van der Waals surface area contributed by atoms with Crippen molar-refractivity contribution >= 4 is 11.9 Å². The van der Waals surface area contributed by atoms with Gasteiger partial charge >= 0.3 is 0 Å². The molecule has 2 rings (SSSR count). The van der Waals surface area contributed by atoms with Gasteiger partial charge < -0.3 is 4.74 Å². The molecule has 0 aromatic heterocycles. The predicted molar refractivity (Wildman–Crippen MR) is 87.5 cm³/mol. The van der Waals surface area contributed by atoms with Gasteiger partial charge in [-0.15, -0.1) is 0 Å². The second-order valence-corrected chi connectivity index (χ2v) is 5.78. The minimum atomic E-state index is 0.312. The van der Waals surface area contributed by atoms with E-state index < -0.39 is 0 Å². The Bertz CT molecular complexity index is 488. The Morgan fingerprint density at radius 2 is 2.00 bits per heavy atom. The van der Waals surface area contributed by atoms with E-state index in [1.165, 1.54) is 19.3 Å². The van der Waals surface area contributed by atoms with Gasteiger partial charge in [0, 0.05) is 6.42 Å². The van der Waals surface area contributed by atoms with E-state index in [2.05, 4.69) is 6.92 Å². The van der Waals surface area contributed by atoms with Gasteiger partial charge in [0.2, 0.25) is 0 Å². The lowest BCUT2D eigenvalue weighted by molar-refractivity contribution is -0.116. The number of carbonyl (C=O) groups is 1. The predicted octanol–water partition coefficient (Wildman–Crippen LogP) is 5.17. The Morgan fingerprint density at radius 3 is 2.81 bits per heavy atom. The Morgan fingerprint density at radius 1 is 1.14 bits per heavy atom. The van der Waals surface area contributed by atoms with E-state index in [1.54, 1.807) is 0 Å². The van der Waals surface area contributed by atoms with Gasteiger partial charge in [-0.2, -0.15) is 0 Å². The zero-order chi connectivity index (χ0) is 14.9. The summed E-state index contributed by atoms with van der Waals surface area (Å²) in [6.45, 7) is 2.99. The van der Waals surface area contributed by atoms with E-state index in [0.29, 0.717) is 12.2 Å². The van der Waals surface area contributed by atoms with E-state index >= 15 is 0 Å². The van der Waals surface area contributed by atoms with Crippen molar-refractivity contribution in [3.05, 3.63) is 35.4 Å². The maximum Gasteiger partial charge on any atom is 0.158 e. The monoisotopic (exact) mass is 286 g/mol. The number of ketones is 1. The first-order valence-corrected chi connectivity index (χ1v) is 8.26. The molecule has 0 amide bonds. The Hall–Kier alpha value is -1.57. The molecule has 0 saturated heterocycles. The third-order valence-corrected chi connectivity index (χ3v) is 3.92. The van der Waals surface area contributed by atoms with Crippen LogP contribution in [0, 0.1) is 0 Å². The molecule has 0 N–H and O–H groups in total. The topological polar surface area (TPSA) is 26.3 Å². The summed E-state index contributed by atoms with van der Waals surface area (Å²) >= 11 is 0. The van der Waals surface area contributed by atoms with Crippen molar-refractivity contribution in [2.24, 2.45) is 0 Å². The molecule has 0 heterocycles. The lowest BCUT2D eigenvalue weighted by atomic mass is 9.92. The summed E-state index contributed by atoms with van der Waals surface area (Å²) < 4.78 is 5.80.